The predicted molar refractivity (Wildman–Crippen MR) is 70.6 cm³/mol. The first kappa shape index (κ1) is 15.7. The van der Waals surface area contributed by atoms with E-state index in [0.29, 0.717) is 6.54 Å². The van der Waals surface area contributed by atoms with Crippen molar-refractivity contribution < 1.29 is 9.53 Å². The number of hydrogen-bond donors (Lipinski definition) is 2. The summed E-state index contributed by atoms with van der Waals surface area (Å²) in [5, 5.41) is 2.67. The lowest BCUT2D eigenvalue weighted by molar-refractivity contribution is -0.120. The van der Waals surface area contributed by atoms with Gasteiger partial charge < -0.3 is 15.8 Å². The second-order valence-electron chi connectivity index (χ2n) is 3.75. The lowest BCUT2D eigenvalue weighted by atomic mass is 10.2. The molecule has 0 aromatic heterocycles. The number of benzene rings is 1. The van der Waals surface area contributed by atoms with Crippen LogP contribution in [0.5, 0.6) is 5.75 Å². The molecular weight excluding hydrogens is 240 g/mol. The summed E-state index contributed by atoms with van der Waals surface area (Å²) in [6.45, 7) is 4.40. The summed E-state index contributed by atoms with van der Waals surface area (Å²) in [5.74, 6) is 0.638. The van der Waals surface area contributed by atoms with E-state index in [-0.39, 0.29) is 31.0 Å². The van der Waals surface area contributed by atoms with Crippen molar-refractivity contribution in [3.05, 3.63) is 29.8 Å². The summed E-state index contributed by atoms with van der Waals surface area (Å²) >= 11 is 0. The van der Waals surface area contributed by atoms with Crippen LogP contribution in [0.15, 0.2) is 24.3 Å². The molecular formula is C12H19ClN2O2. The van der Waals surface area contributed by atoms with Gasteiger partial charge in [0.15, 0.2) is 0 Å². The van der Waals surface area contributed by atoms with Gasteiger partial charge in [-0.25, -0.2) is 0 Å². The molecule has 1 unspecified atom stereocenters. The third-order valence-electron chi connectivity index (χ3n) is 2.13. The topological polar surface area (TPSA) is 64.3 Å². The van der Waals surface area contributed by atoms with E-state index in [2.05, 4.69) is 5.32 Å². The number of aryl methyl sites for hydroxylation is 1. The second-order valence-corrected chi connectivity index (χ2v) is 3.75. The zero-order chi connectivity index (χ0) is 12.0. The van der Waals surface area contributed by atoms with E-state index >= 15 is 0 Å². The molecule has 1 atom stereocenters. The average Bonchev–Trinajstić information content (AvgIpc) is 2.29. The summed E-state index contributed by atoms with van der Waals surface area (Å²) < 4.78 is 5.61. The number of ether oxygens (including phenoxy) is 1. The van der Waals surface area contributed by atoms with Crippen molar-refractivity contribution in [2.24, 2.45) is 5.73 Å². The fourth-order valence-corrected chi connectivity index (χ4v) is 1.22. The highest BCUT2D eigenvalue weighted by Gasteiger charge is 2.05. The number of carbonyl (C=O) groups is 1. The van der Waals surface area contributed by atoms with Gasteiger partial charge in [0.25, 0.3) is 0 Å². The molecule has 96 valence electrons. The molecule has 4 nitrogen and oxygen atoms in total. The maximum atomic E-state index is 10.9. The Balaban J connectivity index is 0.00000256. The third-order valence-corrected chi connectivity index (χ3v) is 2.13. The maximum absolute atomic E-state index is 10.9. The van der Waals surface area contributed by atoms with Crippen LogP contribution < -0.4 is 15.8 Å². The molecule has 3 N–H and O–H groups in total. The first-order valence-electron chi connectivity index (χ1n) is 5.32. The third kappa shape index (κ3) is 6.14. The Bertz CT molecular complexity index is 341. The summed E-state index contributed by atoms with van der Waals surface area (Å²) in [4.78, 5) is 10.9. The van der Waals surface area contributed by atoms with E-state index in [4.69, 9.17) is 10.5 Å². The van der Waals surface area contributed by atoms with E-state index < -0.39 is 0 Å². The zero-order valence-corrected chi connectivity index (χ0v) is 10.9. The van der Waals surface area contributed by atoms with Crippen LogP contribution in [-0.2, 0) is 4.79 Å². The summed E-state index contributed by atoms with van der Waals surface area (Å²) in [6.07, 6.45) is -0.0711. The molecule has 1 rings (SSSR count). The van der Waals surface area contributed by atoms with Crippen molar-refractivity contribution in [1.29, 1.82) is 0 Å². The lowest BCUT2D eigenvalue weighted by Crippen LogP contribution is -2.37. The molecule has 0 aliphatic heterocycles. The number of carbonyl (C=O) groups excluding carboxylic acids is 1. The number of rotatable bonds is 5. The molecule has 0 aliphatic carbocycles. The maximum Gasteiger partial charge on any atom is 0.233 e. The highest BCUT2D eigenvalue weighted by atomic mass is 35.5. The summed E-state index contributed by atoms with van der Waals surface area (Å²) in [5.41, 5.74) is 6.37. The molecule has 5 heteroatoms. The van der Waals surface area contributed by atoms with Crippen LogP contribution >= 0.6 is 12.4 Å². The Morgan fingerprint density at radius 1 is 1.41 bits per heavy atom. The van der Waals surface area contributed by atoms with Gasteiger partial charge in [-0.2, -0.15) is 0 Å². The minimum atomic E-state index is -0.167. The van der Waals surface area contributed by atoms with Gasteiger partial charge in [0.2, 0.25) is 5.91 Å². The van der Waals surface area contributed by atoms with Crippen molar-refractivity contribution in [3.8, 4) is 5.75 Å². The second kappa shape index (κ2) is 7.92. The van der Waals surface area contributed by atoms with Crippen LogP contribution in [0, 0.1) is 6.92 Å². The van der Waals surface area contributed by atoms with Crippen molar-refractivity contribution in [2.75, 3.05) is 13.1 Å². The van der Waals surface area contributed by atoms with Gasteiger partial charge in [-0.3, -0.25) is 4.79 Å². The fraction of sp³-hybridized carbons (Fsp3) is 0.417. The van der Waals surface area contributed by atoms with Gasteiger partial charge >= 0.3 is 0 Å². The quantitative estimate of drug-likeness (QED) is 0.836. The Morgan fingerprint density at radius 3 is 2.53 bits per heavy atom. The van der Waals surface area contributed by atoms with Gasteiger partial charge in [0.1, 0.15) is 11.9 Å². The minimum Gasteiger partial charge on any atom is -0.489 e. The molecule has 0 radical (unpaired) electrons. The molecule has 17 heavy (non-hydrogen) atoms. The highest BCUT2D eigenvalue weighted by molar-refractivity contribution is 5.85. The minimum absolute atomic E-state index is 0. The van der Waals surface area contributed by atoms with Crippen molar-refractivity contribution in [1.82, 2.24) is 5.32 Å². The van der Waals surface area contributed by atoms with Crippen LogP contribution in [0.4, 0.5) is 0 Å². The van der Waals surface area contributed by atoms with Gasteiger partial charge in [0.05, 0.1) is 13.1 Å². The average molecular weight is 259 g/mol. The van der Waals surface area contributed by atoms with Gasteiger partial charge in [-0.15, -0.1) is 12.4 Å². The monoisotopic (exact) mass is 258 g/mol. The Morgan fingerprint density at radius 2 is 2.00 bits per heavy atom. The van der Waals surface area contributed by atoms with E-state index in [9.17, 15) is 4.79 Å². The van der Waals surface area contributed by atoms with Crippen molar-refractivity contribution in [3.63, 3.8) is 0 Å². The highest BCUT2D eigenvalue weighted by Crippen LogP contribution is 2.12. The normalized spacial score (nSPS) is 11.2. The summed E-state index contributed by atoms with van der Waals surface area (Å²) in [7, 11) is 0. The van der Waals surface area contributed by atoms with Crippen molar-refractivity contribution >= 4 is 18.3 Å². The van der Waals surface area contributed by atoms with E-state index in [1.54, 1.807) is 0 Å². The zero-order valence-electron chi connectivity index (χ0n) is 10.1. The number of hydrogen-bond acceptors (Lipinski definition) is 3. The Labute approximate surface area is 108 Å². The number of halogens is 1. The molecule has 0 aliphatic rings. The molecule has 0 bridgehead atoms. The van der Waals surface area contributed by atoms with Gasteiger partial charge in [0, 0.05) is 0 Å². The molecule has 1 aromatic carbocycles. The Hall–Kier alpha value is -1.26. The van der Waals surface area contributed by atoms with Crippen molar-refractivity contribution in [2.45, 2.75) is 20.0 Å². The largest absolute Gasteiger partial charge is 0.489 e. The first-order valence-corrected chi connectivity index (χ1v) is 5.32. The number of nitrogens with two attached hydrogens (primary N) is 1. The number of nitrogens with one attached hydrogen (secondary N) is 1. The molecule has 0 saturated carbocycles. The molecule has 0 fully saturated rings. The lowest BCUT2D eigenvalue weighted by Gasteiger charge is -2.15. The van der Waals surface area contributed by atoms with Crippen LogP contribution in [0.1, 0.15) is 12.5 Å². The number of amides is 1. The van der Waals surface area contributed by atoms with E-state index in [0.717, 1.165) is 5.75 Å². The molecule has 1 aromatic rings. The molecule has 0 spiro atoms. The van der Waals surface area contributed by atoms with Crippen LogP contribution in [0.2, 0.25) is 0 Å². The predicted octanol–water partition coefficient (Wildman–Crippen LogP) is 1.26. The van der Waals surface area contributed by atoms with Crippen LogP contribution in [0.25, 0.3) is 0 Å². The van der Waals surface area contributed by atoms with E-state index in [1.807, 2.05) is 38.1 Å². The summed E-state index contributed by atoms with van der Waals surface area (Å²) in [6, 6.07) is 7.80. The smallest absolute Gasteiger partial charge is 0.233 e. The standard InChI is InChI=1S/C12H18N2O2.ClH/c1-9-3-5-11(6-4-9)16-10(2)8-14-12(15)7-13;/h3-6,10H,7-8,13H2,1-2H3,(H,14,15);1H. The molecule has 1 amide bonds. The molecule has 0 saturated heterocycles. The van der Waals surface area contributed by atoms with Gasteiger partial charge in [-0.1, -0.05) is 17.7 Å². The van der Waals surface area contributed by atoms with E-state index in [1.165, 1.54) is 5.56 Å². The van der Waals surface area contributed by atoms with Crippen LogP contribution in [-0.4, -0.2) is 25.1 Å². The molecule has 0 heterocycles. The Kier molecular flexibility index (Phi) is 7.34. The van der Waals surface area contributed by atoms with Crippen LogP contribution in [0.3, 0.4) is 0 Å². The fourth-order valence-electron chi connectivity index (χ4n) is 1.22. The first-order chi connectivity index (χ1) is 7.61. The van der Waals surface area contributed by atoms with Gasteiger partial charge in [-0.05, 0) is 26.0 Å². The SMILES string of the molecule is Cc1ccc(OC(C)CNC(=O)CN)cc1.Cl.